The summed E-state index contributed by atoms with van der Waals surface area (Å²) in [6.07, 6.45) is 0. The molecule has 3 rings (SSSR count). The second-order valence-electron chi connectivity index (χ2n) is 5.82. The number of benzene rings is 2. The van der Waals surface area contributed by atoms with Crippen LogP contribution in [0.2, 0.25) is 5.02 Å². The largest absolute Gasteiger partial charge is 0.327 e. The van der Waals surface area contributed by atoms with Crippen molar-refractivity contribution >= 4 is 23.4 Å². The maximum atomic E-state index is 13.0. The minimum Gasteiger partial charge on any atom is -0.327 e. The Morgan fingerprint density at radius 3 is 2.25 bits per heavy atom. The highest BCUT2D eigenvalue weighted by atomic mass is 35.5. The zero-order valence-corrected chi connectivity index (χ0v) is 14.1. The number of halogens is 1. The Bertz CT molecular complexity index is 823. The van der Waals surface area contributed by atoms with Crippen LogP contribution in [0.15, 0.2) is 59.8 Å². The molecule has 0 aliphatic carbocycles. The lowest BCUT2D eigenvalue weighted by atomic mass is 9.89. The van der Waals surface area contributed by atoms with Crippen molar-refractivity contribution < 1.29 is 9.59 Å². The molecule has 1 aliphatic rings. The highest BCUT2D eigenvalue weighted by molar-refractivity contribution is 6.30. The molecule has 24 heavy (non-hydrogen) atoms. The van der Waals surface area contributed by atoms with E-state index in [9.17, 15) is 9.59 Å². The lowest BCUT2D eigenvalue weighted by Gasteiger charge is -2.28. The molecule has 122 valence electrons. The van der Waals surface area contributed by atoms with Crippen molar-refractivity contribution in [1.82, 2.24) is 10.6 Å². The van der Waals surface area contributed by atoms with E-state index in [1.54, 1.807) is 31.2 Å². The minimum absolute atomic E-state index is 0.137. The van der Waals surface area contributed by atoms with Crippen LogP contribution < -0.4 is 10.6 Å². The summed E-state index contributed by atoms with van der Waals surface area (Å²) in [5, 5.41) is 6.10. The van der Waals surface area contributed by atoms with E-state index in [0.717, 1.165) is 11.1 Å². The van der Waals surface area contributed by atoms with Crippen molar-refractivity contribution in [3.63, 3.8) is 0 Å². The second kappa shape index (κ2) is 6.49. The van der Waals surface area contributed by atoms with Gasteiger partial charge in [-0.05, 0) is 43.7 Å². The number of amides is 2. The van der Waals surface area contributed by atoms with Gasteiger partial charge in [-0.3, -0.25) is 4.79 Å². The van der Waals surface area contributed by atoms with Crippen molar-refractivity contribution in [2.45, 2.75) is 19.9 Å². The smallest absolute Gasteiger partial charge is 0.319 e. The molecule has 2 aromatic rings. The number of carbonyl (C=O) groups excluding carboxylic acids is 2. The van der Waals surface area contributed by atoms with Gasteiger partial charge >= 0.3 is 6.03 Å². The number of aryl methyl sites for hydroxylation is 1. The van der Waals surface area contributed by atoms with Crippen molar-refractivity contribution in [2.24, 2.45) is 0 Å². The van der Waals surface area contributed by atoms with E-state index < -0.39 is 6.04 Å². The summed E-state index contributed by atoms with van der Waals surface area (Å²) in [7, 11) is 0. The van der Waals surface area contributed by atoms with Gasteiger partial charge in [0.05, 0.1) is 6.04 Å². The van der Waals surface area contributed by atoms with Gasteiger partial charge in [0.2, 0.25) is 0 Å². The van der Waals surface area contributed by atoms with Crippen LogP contribution in [0.25, 0.3) is 0 Å². The molecule has 1 aliphatic heterocycles. The average Bonchev–Trinajstić information content (AvgIpc) is 2.55. The Kier molecular flexibility index (Phi) is 4.40. The fourth-order valence-electron chi connectivity index (χ4n) is 2.76. The molecule has 0 unspecified atom stereocenters. The number of nitrogens with one attached hydrogen (secondary N) is 2. The van der Waals surface area contributed by atoms with E-state index in [2.05, 4.69) is 10.6 Å². The molecule has 0 spiro atoms. The van der Waals surface area contributed by atoms with Gasteiger partial charge in [0.15, 0.2) is 5.78 Å². The first-order valence-electron chi connectivity index (χ1n) is 7.61. The molecule has 5 heteroatoms. The Labute approximate surface area is 145 Å². The minimum atomic E-state index is -0.484. The van der Waals surface area contributed by atoms with E-state index in [4.69, 9.17) is 11.6 Å². The summed E-state index contributed by atoms with van der Waals surface area (Å²) in [5.74, 6) is -0.137. The topological polar surface area (TPSA) is 58.2 Å². The van der Waals surface area contributed by atoms with Gasteiger partial charge in [0, 0.05) is 21.9 Å². The number of Topliss-reactive ketones (excluding diaryl/α,β-unsaturated/α-hetero) is 1. The quantitative estimate of drug-likeness (QED) is 0.824. The molecular weight excluding hydrogens is 324 g/mol. The standard InChI is InChI=1S/C19H17ClN2O2/c1-11-3-5-13(6-4-11)17-16(12(2)21-19(24)22-17)18(23)14-7-9-15(20)10-8-14/h3-10,17H,1-2H3,(H2,21,22,24)/t17-/m1/s1. The predicted octanol–water partition coefficient (Wildman–Crippen LogP) is 4.16. The molecule has 2 N–H and O–H groups in total. The van der Waals surface area contributed by atoms with E-state index in [1.807, 2.05) is 31.2 Å². The lowest BCUT2D eigenvalue weighted by Crippen LogP contribution is -2.45. The van der Waals surface area contributed by atoms with Crippen LogP contribution in [-0.4, -0.2) is 11.8 Å². The maximum Gasteiger partial charge on any atom is 0.319 e. The molecule has 0 radical (unpaired) electrons. The van der Waals surface area contributed by atoms with Crippen molar-refractivity contribution in [2.75, 3.05) is 0 Å². The fourth-order valence-corrected chi connectivity index (χ4v) is 2.89. The van der Waals surface area contributed by atoms with Gasteiger partial charge in [-0.2, -0.15) is 0 Å². The van der Waals surface area contributed by atoms with Gasteiger partial charge in [0.1, 0.15) is 0 Å². The van der Waals surface area contributed by atoms with Gasteiger partial charge in [-0.15, -0.1) is 0 Å². The number of ketones is 1. The number of urea groups is 1. The summed E-state index contributed by atoms with van der Waals surface area (Å²) in [6, 6.07) is 13.7. The van der Waals surface area contributed by atoms with Crippen molar-refractivity contribution in [1.29, 1.82) is 0 Å². The third-order valence-corrected chi connectivity index (χ3v) is 4.28. The molecule has 0 saturated heterocycles. The highest BCUT2D eigenvalue weighted by Gasteiger charge is 2.31. The third kappa shape index (κ3) is 3.19. The zero-order chi connectivity index (χ0) is 17.3. The first-order valence-corrected chi connectivity index (χ1v) is 7.98. The number of rotatable bonds is 3. The fraction of sp³-hybridized carbons (Fsp3) is 0.158. The molecular formula is C19H17ClN2O2. The average molecular weight is 341 g/mol. The predicted molar refractivity (Wildman–Crippen MR) is 94.1 cm³/mol. The summed E-state index contributed by atoms with van der Waals surface area (Å²) in [6.45, 7) is 3.73. The zero-order valence-electron chi connectivity index (χ0n) is 13.4. The van der Waals surface area contributed by atoms with E-state index in [0.29, 0.717) is 21.9 Å². The molecule has 0 saturated carbocycles. The number of hydrogen-bond donors (Lipinski definition) is 2. The van der Waals surface area contributed by atoms with E-state index in [1.165, 1.54) is 0 Å². The Morgan fingerprint density at radius 2 is 1.62 bits per heavy atom. The molecule has 2 amide bonds. The molecule has 1 atom stereocenters. The molecule has 1 heterocycles. The lowest BCUT2D eigenvalue weighted by molar-refractivity contribution is 0.102. The van der Waals surface area contributed by atoms with Gasteiger partial charge in [-0.25, -0.2) is 4.79 Å². The van der Waals surface area contributed by atoms with Gasteiger partial charge < -0.3 is 10.6 Å². The van der Waals surface area contributed by atoms with E-state index >= 15 is 0 Å². The number of allylic oxidation sites excluding steroid dienone is 1. The van der Waals surface area contributed by atoms with Gasteiger partial charge in [-0.1, -0.05) is 41.4 Å². The van der Waals surface area contributed by atoms with Crippen LogP contribution in [0.3, 0.4) is 0 Å². The summed E-state index contributed by atoms with van der Waals surface area (Å²) in [4.78, 5) is 24.9. The first kappa shape index (κ1) is 16.3. The second-order valence-corrected chi connectivity index (χ2v) is 6.25. The summed E-state index contributed by atoms with van der Waals surface area (Å²) >= 11 is 5.90. The highest BCUT2D eigenvalue weighted by Crippen LogP contribution is 2.29. The molecule has 2 aromatic carbocycles. The van der Waals surface area contributed by atoms with E-state index in [-0.39, 0.29) is 11.8 Å². The van der Waals surface area contributed by atoms with Crippen LogP contribution in [-0.2, 0) is 0 Å². The summed E-state index contributed by atoms with van der Waals surface area (Å²) < 4.78 is 0. The molecule has 0 aromatic heterocycles. The Morgan fingerprint density at radius 1 is 1.00 bits per heavy atom. The van der Waals surface area contributed by atoms with Crippen molar-refractivity contribution in [3.8, 4) is 0 Å². The van der Waals surface area contributed by atoms with Crippen LogP contribution in [0.5, 0.6) is 0 Å². The Balaban J connectivity index is 2.04. The summed E-state index contributed by atoms with van der Waals surface area (Å²) in [5.41, 5.74) is 3.60. The number of hydrogen-bond acceptors (Lipinski definition) is 2. The Hall–Kier alpha value is -2.59. The van der Waals surface area contributed by atoms with Crippen LogP contribution >= 0.6 is 11.6 Å². The third-order valence-electron chi connectivity index (χ3n) is 4.03. The SMILES string of the molecule is CC1=C(C(=O)c2ccc(Cl)cc2)[C@@H](c2ccc(C)cc2)NC(=O)N1. The van der Waals surface area contributed by atoms with Crippen molar-refractivity contribution in [3.05, 3.63) is 81.5 Å². The monoisotopic (exact) mass is 340 g/mol. The molecule has 0 fully saturated rings. The van der Waals surface area contributed by atoms with Crippen LogP contribution in [0.4, 0.5) is 4.79 Å². The van der Waals surface area contributed by atoms with Crippen LogP contribution in [0, 0.1) is 6.92 Å². The molecule has 4 nitrogen and oxygen atoms in total. The van der Waals surface area contributed by atoms with Crippen LogP contribution in [0.1, 0.15) is 34.5 Å². The number of carbonyl (C=O) groups is 2. The normalized spacial score (nSPS) is 17.3. The maximum absolute atomic E-state index is 13.0. The molecule has 0 bridgehead atoms. The van der Waals surface area contributed by atoms with Gasteiger partial charge in [0.25, 0.3) is 0 Å². The first-order chi connectivity index (χ1) is 11.5.